The summed E-state index contributed by atoms with van der Waals surface area (Å²) in [6.45, 7) is 1.53. The van der Waals surface area contributed by atoms with Gasteiger partial charge in [-0.15, -0.1) is 0 Å². The Kier molecular flexibility index (Phi) is 5.10. The summed E-state index contributed by atoms with van der Waals surface area (Å²) in [5.41, 5.74) is 0.0999. The van der Waals surface area contributed by atoms with Crippen LogP contribution in [0.2, 0.25) is 5.02 Å². The maximum Gasteiger partial charge on any atom is 0.308 e. The molecule has 124 valence electrons. The average molecular weight is 350 g/mol. The molecule has 0 saturated carbocycles. The lowest BCUT2D eigenvalue weighted by atomic mass is 10.1. The smallest absolute Gasteiger partial charge is 0.308 e. The van der Waals surface area contributed by atoms with Crippen molar-refractivity contribution in [1.82, 2.24) is 9.97 Å². The first-order valence-corrected chi connectivity index (χ1v) is 7.09. The van der Waals surface area contributed by atoms with Gasteiger partial charge in [0, 0.05) is 28.4 Å². The minimum atomic E-state index is -1.13. The van der Waals surface area contributed by atoms with E-state index in [1.54, 1.807) is 0 Å². The summed E-state index contributed by atoms with van der Waals surface area (Å²) in [4.78, 5) is 39.4. The Labute approximate surface area is 140 Å². The third-order valence-corrected chi connectivity index (χ3v) is 3.52. The van der Waals surface area contributed by atoms with Crippen molar-refractivity contribution in [1.29, 1.82) is 0 Å². The molecule has 0 amide bonds. The minimum Gasteiger partial charge on any atom is -0.481 e. The van der Waals surface area contributed by atoms with Crippen LogP contribution in [-0.4, -0.2) is 26.0 Å². The van der Waals surface area contributed by atoms with Gasteiger partial charge in [-0.2, -0.15) is 0 Å². The highest BCUT2D eigenvalue weighted by Crippen LogP contribution is 2.23. The summed E-state index contributed by atoms with van der Waals surface area (Å²) in [6, 6.07) is 3.98. The first kappa shape index (κ1) is 17.4. The zero-order valence-electron chi connectivity index (χ0n) is 12.4. The molecule has 0 fully saturated rings. The summed E-state index contributed by atoms with van der Waals surface area (Å²) in [5, 5.41) is 19.9. The molecule has 1 heterocycles. The summed E-state index contributed by atoms with van der Waals surface area (Å²) in [5.74, 6) is -0.939. The number of nitrogens with zero attached hydrogens (tertiary/aromatic N) is 2. The average Bonchev–Trinajstić information content (AvgIpc) is 2.49. The topological polar surface area (TPSA) is 126 Å². The first-order valence-electron chi connectivity index (χ1n) is 6.71. The number of carbonyl (C=O) groups is 1. The Morgan fingerprint density at radius 1 is 1.46 bits per heavy atom. The first-order chi connectivity index (χ1) is 11.3. The quantitative estimate of drug-likeness (QED) is 0.630. The predicted octanol–water partition coefficient (Wildman–Crippen LogP) is 2.44. The molecule has 0 saturated heterocycles. The number of halogens is 1. The van der Waals surface area contributed by atoms with E-state index >= 15 is 0 Å². The van der Waals surface area contributed by atoms with Crippen molar-refractivity contribution in [3.8, 4) is 0 Å². The van der Waals surface area contributed by atoms with Crippen LogP contribution in [0, 0.1) is 17.0 Å². The lowest BCUT2D eigenvalue weighted by Crippen LogP contribution is -2.20. The Balaban J connectivity index is 2.36. The van der Waals surface area contributed by atoms with Crippen molar-refractivity contribution in [3.05, 3.63) is 66.3 Å². The summed E-state index contributed by atoms with van der Waals surface area (Å²) >= 11 is 5.98. The zero-order chi connectivity index (χ0) is 17.9. The number of benzene rings is 1. The Bertz CT molecular complexity index is 904. The number of nitrogens with one attached hydrogen (secondary N) is 1. The minimum absolute atomic E-state index is 0.0769. The Hall–Kier alpha value is -3.00. The van der Waals surface area contributed by atoms with Crippen LogP contribution in [0.3, 0.4) is 0 Å². The highest BCUT2D eigenvalue weighted by atomic mass is 35.5. The van der Waals surface area contributed by atoms with Crippen molar-refractivity contribution in [2.45, 2.75) is 13.3 Å². The van der Waals surface area contributed by atoms with E-state index in [0.717, 1.165) is 0 Å². The van der Waals surface area contributed by atoms with Gasteiger partial charge in [0.25, 0.3) is 11.2 Å². The molecule has 0 bridgehead atoms. The predicted molar refractivity (Wildman–Crippen MR) is 88.0 cm³/mol. The van der Waals surface area contributed by atoms with Crippen molar-refractivity contribution in [3.63, 3.8) is 0 Å². The molecule has 2 rings (SSSR count). The molecule has 0 spiro atoms. The molecule has 8 nitrogen and oxygen atoms in total. The van der Waals surface area contributed by atoms with Crippen LogP contribution < -0.4 is 5.56 Å². The summed E-state index contributed by atoms with van der Waals surface area (Å²) < 4.78 is 0. The molecule has 24 heavy (non-hydrogen) atoms. The molecule has 1 aromatic carbocycles. The third-order valence-electron chi connectivity index (χ3n) is 3.18. The summed E-state index contributed by atoms with van der Waals surface area (Å²) in [7, 11) is 0. The van der Waals surface area contributed by atoms with E-state index in [0.29, 0.717) is 16.3 Å². The fraction of sp³-hybridized carbons (Fsp3) is 0.133. The Morgan fingerprint density at radius 3 is 2.75 bits per heavy atom. The van der Waals surface area contributed by atoms with E-state index in [9.17, 15) is 19.7 Å². The van der Waals surface area contributed by atoms with Crippen LogP contribution in [0.25, 0.3) is 12.2 Å². The monoisotopic (exact) mass is 349 g/mol. The van der Waals surface area contributed by atoms with Crippen LogP contribution in [0.1, 0.15) is 22.6 Å². The highest BCUT2D eigenvalue weighted by molar-refractivity contribution is 6.32. The standard InChI is InChI=1S/C15H12ClN3O5/c1-8-11(7-14(20)21)15(22)18-13(17-8)5-2-9-6-10(19(23)24)3-4-12(9)16/h2-6H,7H2,1H3,(H,20,21)(H,17,18,22). The number of aromatic nitrogens is 2. The normalized spacial score (nSPS) is 10.9. The molecule has 0 radical (unpaired) electrons. The van der Waals surface area contributed by atoms with Gasteiger partial charge in [0.05, 0.1) is 11.3 Å². The molecule has 9 heteroatoms. The Morgan fingerprint density at radius 2 is 2.17 bits per heavy atom. The number of hydrogen-bond donors (Lipinski definition) is 2. The fourth-order valence-corrected chi connectivity index (χ4v) is 2.19. The van der Waals surface area contributed by atoms with Crippen LogP contribution in [0.5, 0.6) is 0 Å². The number of nitro groups is 1. The number of rotatable bonds is 5. The van der Waals surface area contributed by atoms with Crippen molar-refractivity contribution in [2.75, 3.05) is 0 Å². The van der Waals surface area contributed by atoms with Gasteiger partial charge < -0.3 is 10.1 Å². The number of hydrogen-bond acceptors (Lipinski definition) is 5. The number of carboxylic acid groups (broad SMARTS) is 1. The van der Waals surface area contributed by atoms with E-state index in [2.05, 4.69) is 9.97 Å². The third kappa shape index (κ3) is 4.05. The van der Waals surface area contributed by atoms with Gasteiger partial charge in [-0.1, -0.05) is 11.6 Å². The van der Waals surface area contributed by atoms with E-state index in [1.165, 1.54) is 37.3 Å². The molecule has 0 aliphatic carbocycles. The van der Waals surface area contributed by atoms with Crippen molar-refractivity contribution < 1.29 is 14.8 Å². The second kappa shape index (κ2) is 7.05. The molecular weight excluding hydrogens is 338 g/mol. The van der Waals surface area contributed by atoms with Crippen LogP contribution >= 0.6 is 11.6 Å². The fourth-order valence-electron chi connectivity index (χ4n) is 2.01. The lowest BCUT2D eigenvalue weighted by molar-refractivity contribution is -0.384. The number of aliphatic carboxylic acids is 1. The van der Waals surface area contributed by atoms with Gasteiger partial charge in [0.2, 0.25) is 0 Å². The van der Waals surface area contributed by atoms with Crippen LogP contribution in [-0.2, 0) is 11.2 Å². The lowest BCUT2D eigenvalue weighted by Gasteiger charge is -2.03. The number of aryl methyl sites for hydroxylation is 1. The molecular formula is C15H12ClN3O5. The number of H-pyrrole nitrogens is 1. The number of non-ortho nitro benzene ring substituents is 1. The second-order valence-electron chi connectivity index (χ2n) is 4.88. The number of aromatic amines is 1. The molecule has 2 aromatic rings. The van der Waals surface area contributed by atoms with Crippen LogP contribution in [0.15, 0.2) is 23.0 Å². The largest absolute Gasteiger partial charge is 0.481 e. The van der Waals surface area contributed by atoms with Crippen LogP contribution in [0.4, 0.5) is 5.69 Å². The second-order valence-corrected chi connectivity index (χ2v) is 5.29. The number of carboxylic acids is 1. The molecule has 2 N–H and O–H groups in total. The molecule has 1 aromatic heterocycles. The molecule has 0 aliphatic rings. The molecule has 0 atom stereocenters. The van der Waals surface area contributed by atoms with Gasteiger partial charge in [-0.25, -0.2) is 4.98 Å². The van der Waals surface area contributed by atoms with Gasteiger partial charge in [0.15, 0.2) is 0 Å². The maximum atomic E-state index is 11.9. The SMILES string of the molecule is Cc1nc(C=Cc2cc([N+](=O)[O-])ccc2Cl)[nH]c(=O)c1CC(=O)O. The van der Waals surface area contributed by atoms with Gasteiger partial charge in [-0.05, 0) is 30.7 Å². The van der Waals surface area contributed by atoms with Gasteiger partial charge >= 0.3 is 5.97 Å². The maximum absolute atomic E-state index is 11.9. The van der Waals surface area contributed by atoms with E-state index in [-0.39, 0.29) is 17.1 Å². The zero-order valence-corrected chi connectivity index (χ0v) is 13.2. The highest BCUT2D eigenvalue weighted by Gasteiger charge is 2.11. The van der Waals surface area contributed by atoms with E-state index < -0.39 is 22.9 Å². The summed E-state index contributed by atoms with van der Waals surface area (Å²) in [6.07, 6.45) is 2.49. The molecule has 0 unspecified atom stereocenters. The van der Waals surface area contributed by atoms with E-state index in [1.807, 2.05) is 0 Å². The van der Waals surface area contributed by atoms with Crippen molar-refractivity contribution in [2.24, 2.45) is 0 Å². The number of nitro benzene ring substituents is 1. The molecule has 0 aliphatic heterocycles. The van der Waals surface area contributed by atoms with Crippen molar-refractivity contribution >= 4 is 35.4 Å². The van der Waals surface area contributed by atoms with E-state index in [4.69, 9.17) is 16.7 Å². The van der Waals surface area contributed by atoms with Gasteiger partial charge in [0.1, 0.15) is 5.82 Å². The van der Waals surface area contributed by atoms with Gasteiger partial charge in [-0.3, -0.25) is 19.7 Å².